The number of hydrogen-bond acceptors (Lipinski definition) is 5. The van der Waals surface area contributed by atoms with Crippen molar-refractivity contribution in [3.8, 4) is 0 Å². The van der Waals surface area contributed by atoms with Crippen molar-refractivity contribution in [3.05, 3.63) is 6.61 Å². The Hall–Kier alpha value is -0.740. The number of hydrogen-bond donors (Lipinski definition) is 0. The molecule has 0 aromatic rings. The third-order valence-electron chi connectivity index (χ3n) is 1.05. The van der Waals surface area contributed by atoms with Crippen LogP contribution in [-0.2, 0) is 19.0 Å². The van der Waals surface area contributed by atoms with Gasteiger partial charge in [0.1, 0.15) is 0 Å². The van der Waals surface area contributed by atoms with Gasteiger partial charge in [-0.3, -0.25) is 0 Å². The van der Waals surface area contributed by atoms with Gasteiger partial charge in [0.25, 0.3) is 0 Å². The lowest BCUT2D eigenvalue weighted by atomic mass is 10.5. The first kappa shape index (κ1) is 10.3. The van der Waals surface area contributed by atoms with Crippen molar-refractivity contribution >= 4 is 6.08 Å². The van der Waals surface area contributed by atoms with E-state index in [2.05, 4.69) is 9.73 Å². The Balaban J connectivity index is 4.31. The number of aliphatic imine (C=N–C) groups is 1. The summed E-state index contributed by atoms with van der Waals surface area (Å²) in [6, 6.07) is 0. The lowest BCUT2D eigenvalue weighted by Gasteiger charge is -2.22. The number of ether oxygens (including phenoxy) is 3. The fourth-order valence-electron chi connectivity index (χ4n) is 0.510. The Bertz CT molecular complexity index is 149. The van der Waals surface area contributed by atoms with Gasteiger partial charge in [0, 0.05) is 21.3 Å². The molecule has 0 atom stereocenters. The maximum atomic E-state index is 9.89. The van der Waals surface area contributed by atoms with E-state index in [1.54, 1.807) is 0 Å². The molecule has 0 aliphatic rings. The van der Waals surface area contributed by atoms with Crippen molar-refractivity contribution in [2.75, 3.05) is 21.3 Å². The molecule has 0 saturated carbocycles. The van der Waals surface area contributed by atoms with Crippen molar-refractivity contribution in [1.82, 2.24) is 0 Å². The van der Waals surface area contributed by atoms with E-state index < -0.39 is 5.91 Å². The molecule has 0 aliphatic heterocycles. The summed E-state index contributed by atoms with van der Waals surface area (Å²) in [4.78, 5) is 13.1. The Morgan fingerprint density at radius 2 is 1.91 bits per heavy atom. The van der Waals surface area contributed by atoms with Crippen LogP contribution in [0.1, 0.15) is 0 Å². The van der Waals surface area contributed by atoms with Gasteiger partial charge < -0.3 is 14.2 Å². The van der Waals surface area contributed by atoms with Crippen molar-refractivity contribution in [2.45, 2.75) is 5.91 Å². The molecule has 0 unspecified atom stereocenters. The molecule has 0 aliphatic carbocycles. The third kappa shape index (κ3) is 2.78. The van der Waals surface area contributed by atoms with E-state index in [1.165, 1.54) is 27.4 Å². The van der Waals surface area contributed by atoms with Gasteiger partial charge in [-0.15, -0.1) is 4.99 Å². The Kier molecular flexibility index (Phi) is 4.65. The molecular formula is C6H10NO4. The molecule has 11 heavy (non-hydrogen) atoms. The largest absolute Gasteiger partial charge is 0.370 e. The molecule has 0 bridgehead atoms. The van der Waals surface area contributed by atoms with E-state index in [-0.39, 0.29) is 0 Å². The normalized spacial score (nSPS) is 10.8. The molecule has 63 valence electrons. The van der Waals surface area contributed by atoms with Gasteiger partial charge in [0.2, 0.25) is 6.08 Å². The van der Waals surface area contributed by atoms with Gasteiger partial charge >= 0.3 is 5.91 Å². The van der Waals surface area contributed by atoms with Crippen LogP contribution in [0, 0.1) is 6.61 Å². The van der Waals surface area contributed by atoms with Crippen LogP contribution < -0.4 is 0 Å². The first-order valence-corrected chi connectivity index (χ1v) is 2.81. The number of carbonyl (C=O) groups excluding carboxylic acids is 1. The average Bonchev–Trinajstić information content (AvgIpc) is 2.04. The highest BCUT2D eigenvalue weighted by atomic mass is 16.7. The molecule has 0 N–H and O–H groups in total. The summed E-state index contributed by atoms with van der Waals surface area (Å²) < 4.78 is 14.1. The molecule has 0 heterocycles. The van der Waals surface area contributed by atoms with Gasteiger partial charge in [0.15, 0.2) is 6.61 Å². The van der Waals surface area contributed by atoms with E-state index in [9.17, 15) is 4.79 Å². The minimum atomic E-state index is -1.46. The maximum absolute atomic E-state index is 9.89. The number of nitrogens with zero attached hydrogens (tertiary/aromatic N) is 1. The number of isocyanates is 1. The van der Waals surface area contributed by atoms with Gasteiger partial charge in [0.05, 0.1) is 0 Å². The predicted octanol–water partition coefficient (Wildman–Crippen LogP) is 0.0770. The van der Waals surface area contributed by atoms with Crippen molar-refractivity contribution in [3.63, 3.8) is 0 Å². The molecule has 5 heteroatoms. The van der Waals surface area contributed by atoms with Crippen LogP contribution in [0.2, 0.25) is 0 Å². The summed E-state index contributed by atoms with van der Waals surface area (Å²) >= 11 is 0. The Labute approximate surface area is 65.0 Å². The first-order valence-electron chi connectivity index (χ1n) is 2.81. The quantitative estimate of drug-likeness (QED) is 0.324. The molecule has 0 saturated heterocycles. The maximum Gasteiger partial charge on any atom is 0.310 e. The zero-order valence-corrected chi connectivity index (χ0v) is 6.66. The van der Waals surface area contributed by atoms with E-state index in [1.807, 2.05) is 0 Å². The summed E-state index contributed by atoms with van der Waals surface area (Å²) in [5.41, 5.74) is 0. The molecule has 0 fully saturated rings. The lowest BCUT2D eigenvalue weighted by molar-refractivity contribution is -0.198. The summed E-state index contributed by atoms with van der Waals surface area (Å²) in [6.07, 6.45) is 1.31. The highest BCUT2D eigenvalue weighted by molar-refractivity contribution is 5.34. The summed E-state index contributed by atoms with van der Waals surface area (Å²) in [5, 5.41) is 0. The summed E-state index contributed by atoms with van der Waals surface area (Å²) in [5.74, 6) is -1.46. The smallest absolute Gasteiger partial charge is 0.310 e. The number of methoxy groups -OCH3 is 3. The molecule has 1 radical (unpaired) electrons. The Morgan fingerprint density at radius 3 is 2.18 bits per heavy atom. The van der Waals surface area contributed by atoms with E-state index >= 15 is 0 Å². The zero-order valence-electron chi connectivity index (χ0n) is 6.66. The number of rotatable bonds is 5. The zero-order chi connectivity index (χ0) is 8.74. The molecule has 0 amide bonds. The van der Waals surface area contributed by atoms with E-state index in [4.69, 9.17) is 9.47 Å². The second-order valence-corrected chi connectivity index (χ2v) is 1.60. The van der Waals surface area contributed by atoms with Crippen LogP contribution in [0.3, 0.4) is 0 Å². The van der Waals surface area contributed by atoms with Crippen molar-refractivity contribution in [2.24, 2.45) is 4.99 Å². The highest BCUT2D eigenvalue weighted by Crippen LogP contribution is 2.15. The summed E-state index contributed by atoms with van der Waals surface area (Å²) in [7, 11) is 4.06. The van der Waals surface area contributed by atoms with Crippen LogP contribution in [0.4, 0.5) is 0 Å². The Morgan fingerprint density at radius 1 is 1.36 bits per heavy atom. The average molecular weight is 160 g/mol. The van der Waals surface area contributed by atoms with E-state index in [0.717, 1.165) is 6.61 Å². The van der Waals surface area contributed by atoms with Gasteiger partial charge in [-0.25, -0.2) is 4.79 Å². The van der Waals surface area contributed by atoms with Crippen molar-refractivity contribution in [1.29, 1.82) is 0 Å². The summed E-state index contributed by atoms with van der Waals surface area (Å²) in [6.45, 7) is 1.14. The standard InChI is InChI=1S/C6H10NO4/c1-9-4-6(10-2,11-3)7-5-8/h4H,1-3H3. The van der Waals surface area contributed by atoms with Gasteiger partial charge in [-0.1, -0.05) is 0 Å². The lowest BCUT2D eigenvalue weighted by Crippen LogP contribution is -2.32. The van der Waals surface area contributed by atoms with Crippen molar-refractivity contribution < 1.29 is 19.0 Å². The molecule has 0 spiro atoms. The minimum absolute atomic E-state index is 1.14. The van der Waals surface area contributed by atoms with Gasteiger partial charge in [-0.05, 0) is 0 Å². The van der Waals surface area contributed by atoms with E-state index in [0.29, 0.717) is 0 Å². The molecule has 0 aromatic heterocycles. The second-order valence-electron chi connectivity index (χ2n) is 1.60. The third-order valence-corrected chi connectivity index (χ3v) is 1.05. The molecule has 5 nitrogen and oxygen atoms in total. The topological polar surface area (TPSA) is 57.1 Å². The highest BCUT2D eigenvalue weighted by Gasteiger charge is 2.29. The fourth-order valence-corrected chi connectivity index (χ4v) is 0.510. The molecule has 0 rings (SSSR count). The predicted molar refractivity (Wildman–Crippen MR) is 36.2 cm³/mol. The fraction of sp³-hybridized carbons (Fsp3) is 0.667. The van der Waals surface area contributed by atoms with Crippen LogP contribution in [-0.4, -0.2) is 33.3 Å². The second kappa shape index (κ2) is 4.98. The van der Waals surface area contributed by atoms with Crippen LogP contribution in [0.5, 0.6) is 0 Å². The van der Waals surface area contributed by atoms with Crippen LogP contribution in [0.25, 0.3) is 0 Å². The SMILES string of the molecule is CO[CH]C(N=C=O)(OC)OC. The first-order chi connectivity index (χ1) is 5.24. The minimum Gasteiger partial charge on any atom is -0.370 e. The van der Waals surface area contributed by atoms with Crippen LogP contribution in [0.15, 0.2) is 4.99 Å². The monoisotopic (exact) mass is 160 g/mol. The molecule has 0 aromatic carbocycles. The van der Waals surface area contributed by atoms with Gasteiger partial charge in [-0.2, -0.15) is 0 Å². The molecular weight excluding hydrogens is 150 g/mol. The van der Waals surface area contributed by atoms with Crippen LogP contribution >= 0.6 is 0 Å².